The number of hydrogen-bond acceptors (Lipinski definition) is 4. The summed E-state index contributed by atoms with van der Waals surface area (Å²) in [6.45, 7) is 0.574. The van der Waals surface area contributed by atoms with Crippen LogP contribution in [0.25, 0.3) is 6.08 Å². The summed E-state index contributed by atoms with van der Waals surface area (Å²) in [4.78, 5) is 25.1. The molecule has 102 valence electrons. The van der Waals surface area contributed by atoms with Crippen molar-refractivity contribution >= 4 is 33.9 Å². The number of ether oxygens (including phenoxy) is 1. The zero-order valence-corrected chi connectivity index (χ0v) is 12.1. The molecule has 0 aromatic carbocycles. The average Bonchev–Trinajstić information content (AvgIpc) is 3.03. The van der Waals surface area contributed by atoms with Gasteiger partial charge < -0.3 is 14.1 Å². The van der Waals surface area contributed by atoms with Gasteiger partial charge in [0, 0.05) is 12.6 Å². The summed E-state index contributed by atoms with van der Waals surface area (Å²) < 4.78 is 10.6. The van der Waals surface area contributed by atoms with Crippen LogP contribution >= 0.6 is 15.9 Å². The Balaban J connectivity index is 2.03. The van der Waals surface area contributed by atoms with Gasteiger partial charge in [-0.1, -0.05) is 0 Å². The minimum Gasteiger partial charge on any atom is -0.467 e. The Morgan fingerprint density at radius 1 is 1.53 bits per heavy atom. The molecule has 1 aromatic heterocycles. The van der Waals surface area contributed by atoms with Crippen molar-refractivity contribution in [2.45, 2.75) is 18.9 Å². The Morgan fingerprint density at radius 2 is 2.32 bits per heavy atom. The number of carbonyl (C=O) groups excluding carboxylic acids is 2. The summed E-state index contributed by atoms with van der Waals surface area (Å²) in [6, 6.07) is 3.03. The Bertz CT molecular complexity index is 508. The molecule has 6 heteroatoms. The zero-order chi connectivity index (χ0) is 13.8. The van der Waals surface area contributed by atoms with E-state index in [4.69, 9.17) is 9.15 Å². The van der Waals surface area contributed by atoms with E-state index < -0.39 is 6.04 Å². The first kappa shape index (κ1) is 13.9. The van der Waals surface area contributed by atoms with E-state index in [2.05, 4.69) is 15.9 Å². The van der Waals surface area contributed by atoms with Crippen molar-refractivity contribution in [3.05, 3.63) is 28.6 Å². The first-order valence-electron chi connectivity index (χ1n) is 5.93. The number of amides is 1. The topological polar surface area (TPSA) is 59.8 Å². The summed E-state index contributed by atoms with van der Waals surface area (Å²) in [5, 5.41) is 0. The van der Waals surface area contributed by atoms with Gasteiger partial charge in [0.1, 0.15) is 11.8 Å². The van der Waals surface area contributed by atoms with E-state index in [0.717, 1.165) is 6.42 Å². The van der Waals surface area contributed by atoms with Crippen molar-refractivity contribution in [3.8, 4) is 0 Å². The summed E-state index contributed by atoms with van der Waals surface area (Å²) in [6.07, 6.45) is 4.45. The molecule has 0 spiro atoms. The van der Waals surface area contributed by atoms with Crippen LogP contribution < -0.4 is 0 Å². The molecule has 0 N–H and O–H groups in total. The van der Waals surface area contributed by atoms with E-state index in [-0.39, 0.29) is 11.9 Å². The van der Waals surface area contributed by atoms with Gasteiger partial charge in [-0.3, -0.25) is 4.79 Å². The normalized spacial score (nSPS) is 19.1. The zero-order valence-electron chi connectivity index (χ0n) is 10.5. The fourth-order valence-corrected chi connectivity index (χ4v) is 2.40. The van der Waals surface area contributed by atoms with Crippen molar-refractivity contribution in [2.24, 2.45) is 0 Å². The smallest absolute Gasteiger partial charge is 0.328 e. The molecule has 1 saturated heterocycles. The van der Waals surface area contributed by atoms with Gasteiger partial charge in [-0.2, -0.15) is 0 Å². The van der Waals surface area contributed by atoms with E-state index in [1.165, 1.54) is 18.1 Å². The maximum absolute atomic E-state index is 12.0. The molecule has 1 aromatic rings. The second kappa shape index (κ2) is 6.06. The maximum Gasteiger partial charge on any atom is 0.328 e. The first-order valence-corrected chi connectivity index (χ1v) is 6.73. The number of furan rings is 1. The largest absolute Gasteiger partial charge is 0.467 e. The quantitative estimate of drug-likeness (QED) is 0.631. The average molecular weight is 328 g/mol. The van der Waals surface area contributed by atoms with Crippen molar-refractivity contribution in [1.82, 2.24) is 4.90 Å². The monoisotopic (exact) mass is 327 g/mol. The minimum absolute atomic E-state index is 0.208. The Labute approximate surface area is 119 Å². The molecule has 19 heavy (non-hydrogen) atoms. The minimum atomic E-state index is -0.467. The van der Waals surface area contributed by atoms with Crippen LogP contribution in [0.5, 0.6) is 0 Å². The molecule has 0 saturated carbocycles. The highest BCUT2D eigenvalue weighted by molar-refractivity contribution is 9.10. The summed E-state index contributed by atoms with van der Waals surface area (Å²) in [5.41, 5.74) is 0. The molecule has 1 aliphatic heterocycles. The van der Waals surface area contributed by atoms with Crippen LogP contribution in [0, 0.1) is 0 Å². The molecule has 0 bridgehead atoms. The van der Waals surface area contributed by atoms with Crippen LogP contribution in [0.2, 0.25) is 0 Å². The van der Waals surface area contributed by atoms with Gasteiger partial charge in [-0.05, 0) is 47.0 Å². The van der Waals surface area contributed by atoms with Crippen molar-refractivity contribution < 1.29 is 18.7 Å². The van der Waals surface area contributed by atoms with Gasteiger partial charge in [0.2, 0.25) is 5.91 Å². The lowest BCUT2D eigenvalue weighted by Gasteiger charge is -2.20. The van der Waals surface area contributed by atoms with Crippen molar-refractivity contribution in [1.29, 1.82) is 0 Å². The first-order chi connectivity index (χ1) is 9.11. The molecule has 0 radical (unpaired) electrons. The molecular weight excluding hydrogens is 314 g/mol. The van der Waals surface area contributed by atoms with E-state index in [1.807, 2.05) is 0 Å². The van der Waals surface area contributed by atoms with Gasteiger partial charge in [0.15, 0.2) is 4.67 Å². The third-order valence-electron chi connectivity index (χ3n) is 2.99. The number of carbonyl (C=O) groups is 2. The van der Waals surface area contributed by atoms with Crippen LogP contribution in [-0.4, -0.2) is 36.5 Å². The predicted molar refractivity (Wildman–Crippen MR) is 72.2 cm³/mol. The van der Waals surface area contributed by atoms with E-state index in [0.29, 0.717) is 23.4 Å². The fourth-order valence-electron chi connectivity index (χ4n) is 2.08. The van der Waals surface area contributed by atoms with E-state index in [9.17, 15) is 9.59 Å². The molecule has 1 unspecified atom stereocenters. The highest BCUT2D eigenvalue weighted by Crippen LogP contribution is 2.20. The number of esters is 1. The second-order valence-electron chi connectivity index (χ2n) is 4.19. The number of rotatable bonds is 3. The summed E-state index contributed by atoms with van der Waals surface area (Å²) in [7, 11) is 1.33. The number of halogens is 1. The number of nitrogens with zero attached hydrogens (tertiary/aromatic N) is 1. The van der Waals surface area contributed by atoms with Gasteiger partial charge >= 0.3 is 5.97 Å². The maximum atomic E-state index is 12.0. The third kappa shape index (κ3) is 3.26. The van der Waals surface area contributed by atoms with Crippen molar-refractivity contribution in [2.75, 3.05) is 13.7 Å². The van der Waals surface area contributed by atoms with Gasteiger partial charge in [-0.15, -0.1) is 0 Å². The van der Waals surface area contributed by atoms with E-state index >= 15 is 0 Å². The predicted octanol–water partition coefficient (Wildman–Crippen LogP) is 2.22. The van der Waals surface area contributed by atoms with Crippen LogP contribution in [0.1, 0.15) is 18.6 Å². The molecule has 1 atom stereocenters. The van der Waals surface area contributed by atoms with Gasteiger partial charge in [0.25, 0.3) is 0 Å². The Kier molecular flexibility index (Phi) is 4.42. The van der Waals surface area contributed by atoms with E-state index in [1.54, 1.807) is 18.2 Å². The van der Waals surface area contributed by atoms with Crippen LogP contribution in [0.15, 0.2) is 27.3 Å². The number of methoxy groups -OCH3 is 1. The lowest BCUT2D eigenvalue weighted by Crippen LogP contribution is -2.40. The van der Waals surface area contributed by atoms with Crippen molar-refractivity contribution in [3.63, 3.8) is 0 Å². The Morgan fingerprint density at radius 3 is 2.95 bits per heavy atom. The molecular formula is C13H14BrNO4. The number of likely N-dealkylation sites (tertiary alicyclic amines) is 1. The van der Waals surface area contributed by atoms with Crippen LogP contribution in [-0.2, 0) is 14.3 Å². The molecule has 1 fully saturated rings. The molecule has 2 heterocycles. The van der Waals surface area contributed by atoms with Crippen LogP contribution in [0.3, 0.4) is 0 Å². The number of hydrogen-bond donors (Lipinski definition) is 0. The fraction of sp³-hybridized carbons (Fsp3) is 0.385. The molecule has 5 nitrogen and oxygen atoms in total. The summed E-state index contributed by atoms with van der Waals surface area (Å²) >= 11 is 3.19. The SMILES string of the molecule is COC(=O)C1CCCN1C(=O)/C=C/c1ccc(Br)o1. The highest BCUT2D eigenvalue weighted by atomic mass is 79.9. The molecule has 0 aliphatic carbocycles. The molecule has 1 aliphatic rings. The van der Waals surface area contributed by atoms with Gasteiger partial charge in [-0.25, -0.2) is 4.79 Å². The standard InChI is InChI=1S/C13H14BrNO4/c1-18-13(17)10-3-2-8-15(10)12(16)7-5-9-4-6-11(14)19-9/h4-7,10H,2-3,8H2,1H3/b7-5+. The lowest BCUT2D eigenvalue weighted by atomic mass is 10.2. The van der Waals surface area contributed by atoms with Crippen LogP contribution in [0.4, 0.5) is 0 Å². The Hall–Kier alpha value is -1.56. The van der Waals surface area contributed by atoms with Gasteiger partial charge in [0.05, 0.1) is 7.11 Å². The molecule has 1 amide bonds. The second-order valence-corrected chi connectivity index (χ2v) is 4.97. The summed E-state index contributed by atoms with van der Waals surface area (Å²) in [5.74, 6) is 0.00876. The lowest BCUT2D eigenvalue weighted by molar-refractivity contribution is -0.149. The third-order valence-corrected chi connectivity index (χ3v) is 3.42. The highest BCUT2D eigenvalue weighted by Gasteiger charge is 2.33. The molecule has 2 rings (SSSR count).